The van der Waals surface area contributed by atoms with Gasteiger partial charge in [-0.15, -0.1) is 11.8 Å². The van der Waals surface area contributed by atoms with Gasteiger partial charge in [-0.1, -0.05) is 37.6 Å². The van der Waals surface area contributed by atoms with Crippen LogP contribution in [0.3, 0.4) is 0 Å². The van der Waals surface area contributed by atoms with Crippen molar-refractivity contribution in [3.05, 3.63) is 34.9 Å². The van der Waals surface area contributed by atoms with Gasteiger partial charge in [-0.25, -0.2) is 0 Å². The van der Waals surface area contributed by atoms with E-state index in [0.29, 0.717) is 5.92 Å². The lowest BCUT2D eigenvalue weighted by Crippen LogP contribution is -2.22. The highest BCUT2D eigenvalue weighted by Gasteiger charge is 2.07. The van der Waals surface area contributed by atoms with Gasteiger partial charge in [0.2, 0.25) is 0 Å². The summed E-state index contributed by atoms with van der Waals surface area (Å²) >= 11 is 7.57. The molecule has 0 spiro atoms. The first-order chi connectivity index (χ1) is 6.59. The highest BCUT2D eigenvalue weighted by molar-refractivity contribution is 7.99. The van der Waals surface area contributed by atoms with E-state index in [4.69, 9.17) is 17.3 Å². The van der Waals surface area contributed by atoms with Crippen LogP contribution in [0.15, 0.2) is 24.3 Å². The highest BCUT2D eigenvalue weighted by atomic mass is 35.5. The molecule has 0 aliphatic heterocycles. The topological polar surface area (TPSA) is 26.0 Å². The molecule has 1 aromatic rings. The molecule has 1 rings (SSSR count). The van der Waals surface area contributed by atoms with Gasteiger partial charge in [0.05, 0.1) is 5.37 Å². The largest absolute Gasteiger partial charge is 0.319 e. The molecule has 1 unspecified atom stereocenters. The van der Waals surface area contributed by atoms with Gasteiger partial charge in [0.25, 0.3) is 0 Å². The Kier molecular flexibility index (Phi) is 4.79. The molecule has 0 saturated heterocycles. The lowest BCUT2D eigenvalue weighted by atomic mass is 10.2. The van der Waals surface area contributed by atoms with Crippen LogP contribution in [0.4, 0.5) is 0 Å². The van der Waals surface area contributed by atoms with Gasteiger partial charge in [-0.05, 0) is 23.6 Å². The molecule has 0 aromatic heterocycles. The summed E-state index contributed by atoms with van der Waals surface area (Å²) in [5.41, 5.74) is 7.20. The van der Waals surface area contributed by atoms with Crippen molar-refractivity contribution >= 4 is 23.4 Å². The highest BCUT2D eigenvalue weighted by Crippen LogP contribution is 2.20. The summed E-state index contributed by atoms with van der Waals surface area (Å²) in [6.45, 7) is 4.28. The van der Waals surface area contributed by atoms with Gasteiger partial charge in [-0.2, -0.15) is 0 Å². The van der Waals surface area contributed by atoms with Gasteiger partial charge >= 0.3 is 0 Å². The first-order valence-electron chi connectivity index (χ1n) is 4.71. The van der Waals surface area contributed by atoms with Crippen molar-refractivity contribution in [1.29, 1.82) is 0 Å². The summed E-state index contributed by atoms with van der Waals surface area (Å²) in [6, 6.07) is 7.92. The Bertz CT molecular complexity index is 271. The van der Waals surface area contributed by atoms with Crippen LogP contribution in [-0.2, 0) is 5.75 Å². The monoisotopic (exact) mass is 229 g/mol. The van der Waals surface area contributed by atoms with Crippen LogP contribution in [-0.4, -0.2) is 5.37 Å². The molecule has 0 heterocycles. The molecule has 2 N–H and O–H groups in total. The zero-order chi connectivity index (χ0) is 10.6. The number of nitrogens with two attached hydrogens (primary N) is 1. The maximum atomic E-state index is 5.93. The minimum Gasteiger partial charge on any atom is -0.319 e. The average Bonchev–Trinajstić information content (AvgIpc) is 2.16. The number of thioether (sulfide) groups is 1. The van der Waals surface area contributed by atoms with Crippen LogP contribution >= 0.6 is 23.4 Å². The van der Waals surface area contributed by atoms with Crippen LogP contribution in [0.2, 0.25) is 5.02 Å². The molecule has 1 aromatic carbocycles. The van der Waals surface area contributed by atoms with Gasteiger partial charge < -0.3 is 5.73 Å². The molecule has 0 aliphatic rings. The Labute approximate surface area is 95.0 Å². The molecule has 0 bridgehead atoms. The Morgan fingerprint density at radius 1 is 1.29 bits per heavy atom. The molecule has 78 valence electrons. The van der Waals surface area contributed by atoms with E-state index in [2.05, 4.69) is 13.8 Å². The van der Waals surface area contributed by atoms with Crippen molar-refractivity contribution in [2.45, 2.75) is 25.0 Å². The molecule has 0 radical (unpaired) electrons. The minimum atomic E-state index is 0.214. The van der Waals surface area contributed by atoms with E-state index >= 15 is 0 Å². The maximum absolute atomic E-state index is 5.93. The average molecular weight is 230 g/mol. The third kappa shape index (κ3) is 3.91. The number of hydrogen-bond donors (Lipinski definition) is 1. The van der Waals surface area contributed by atoms with Crippen molar-refractivity contribution in [3.63, 3.8) is 0 Å². The van der Waals surface area contributed by atoms with Crippen LogP contribution in [0, 0.1) is 5.92 Å². The van der Waals surface area contributed by atoms with Crippen LogP contribution < -0.4 is 5.73 Å². The van der Waals surface area contributed by atoms with Crippen molar-refractivity contribution in [3.8, 4) is 0 Å². The standard InChI is InChI=1S/C11H16ClNS/c1-8(2)11(13)14-7-9-3-5-10(12)6-4-9/h3-6,8,11H,7,13H2,1-2H3. The summed E-state index contributed by atoms with van der Waals surface area (Å²) in [5, 5.41) is 0.998. The van der Waals surface area contributed by atoms with Crippen LogP contribution in [0.25, 0.3) is 0 Å². The fraction of sp³-hybridized carbons (Fsp3) is 0.455. The van der Waals surface area contributed by atoms with E-state index in [9.17, 15) is 0 Å². The van der Waals surface area contributed by atoms with E-state index in [0.717, 1.165) is 10.8 Å². The van der Waals surface area contributed by atoms with Crippen molar-refractivity contribution in [2.24, 2.45) is 11.7 Å². The number of hydrogen-bond acceptors (Lipinski definition) is 2. The van der Waals surface area contributed by atoms with E-state index in [1.54, 1.807) is 11.8 Å². The van der Waals surface area contributed by atoms with Gasteiger partial charge in [0.15, 0.2) is 0 Å². The summed E-state index contributed by atoms with van der Waals surface area (Å²) < 4.78 is 0. The van der Waals surface area contributed by atoms with Gasteiger partial charge in [-0.3, -0.25) is 0 Å². The first kappa shape index (κ1) is 11.9. The first-order valence-corrected chi connectivity index (χ1v) is 6.14. The summed E-state index contributed by atoms with van der Waals surface area (Å²) in [7, 11) is 0. The molecule has 0 amide bonds. The van der Waals surface area contributed by atoms with Crippen molar-refractivity contribution in [2.75, 3.05) is 0 Å². The summed E-state index contributed by atoms with van der Waals surface area (Å²) in [5.74, 6) is 1.48. The second-order valence-electron chi connectivity index (χ2n) is 3.65. The number of halogens is 1. The van der Waals surface area contributed by atoms with Crippen molar-refractivity contribution in [1.82, 2.24) is 0 Å². The van der Waals surface area contributed by atoms with Gasteiger partial charge in [0, 0.05) is 10.8 Å². The molecule has 1 nitrogen and oxygen atoms in total. The maximum Gasteiger partial charge on any atom is 0.0533 e. The zero-order valence-corrected chi connectivity index (χ0v) is 10.1. The molecule has 14 heavy (non-hydrogen) atoms. The predicted molar refractivity (Wildman–Crippen MR) is 65.6 cm³/mol. The molecule has 1 atom stereocenters. The van der Waals surface area contributed by atoms with E-state index in [1.165, 1.54) is 5.56 Å². The number of rotatable bonds is 4. The molecule has 0 aliphatic carbocycles. The zero-order valence-electron chi connectivity index (χ0n) is 8.53. The van der Waals surface area contributed by atoms with Crippen LogP contribution in [0.5, 0.6) is 0 Å². The summed E-state index contributed by atoms with van der Waals surface area (Å²) in [6.07, 6.45) is 0. The fourth-order valence-corrected chi connectivity index (χ4v) is 2.05. The normalized spacial score (nSPS) is 13.2. The predicted octanol–water partition coefficient (Wildman–Crippen LogP) is 3.51. The fourth-order valence-electron chi connectivity index (χ4n) is 0.966. The molecular weight excluding hydrogens is 214 g/mol. The Balaban J connectivity index is 2.42. The molecule has 0 fully saturated rings. The lowest BCUT2D eigenvalue weighted by molar-refractivity contribution is 0.624. The minimum absolute atomic E-state index is 0.214. The lowest BCUT2D eigenvalue weighted by Gasteiger charge is -2.14. The molecular formula is C11H16ClNS. The van der Waals surface area contributed by atoms with Gasteiger partial charge in [0.1, 0.15) is 0 Å². The SMILES string of the molecule is CC(C)C(N)SCc1ccc(Cl)cc1. The second-order valence-corrected chi connectivity index (χ2v) is 5.25. The molecule has 0 saturated carbocycles. The smallest absolute Gasteiger partial charge is 0.0533 e. The van der Waals surface area contributed by atoms with Crippen molar-refractivity contribution < 1.29 is 0 Å². The Morgan fingerprint density at radius 3 is 2.36 bits per heavy atom. The second kappa shape index (κ2) is 5.64. The van der Waals surface area contributed by atoms with E-state index in [1.807, 2.05) is 24.3 Å². The van der Waals surface area contributed by atoms with E-state index in [-0.39, 0.29) is 5.37 Å². The Morgan fingerprint density at radius 2 is 1.86 bits per heavy atom. The molecule has 3 heteroatoms. The van der Waals surface area contributed by atoms with Crippen LogP contribution in [0.1, 0.15) is 19.4 Å². The Hall–Kier alpha value is -0.180. The third-order valence-electron chi connectivity index (χ3n) is 2.01. The quantitative estimate of drug-likeness (QED) is 0.800. The van der Waals surface area contributed by atoms with E-state index < -0.39 is 0 Å². The number of benzene rings is 1. The third-order valence-corrected chi connectivity index (χ3v) is 3.69. The summed E-state index contributed by atoms with van der Waals surface area (Å²) in [4.78, 5) is 0.